The summed E-state index contributed by atoms with van der Waals surface area (Å²) in [5, 5.41) is 6.68. The van der Waals surface area contributed by atoms with E-state index in [4.69, 9.17) is 0 Å². The van der Waals surface area contributed by atoms with E-state index in [2.05, 4.69) is 10.2 Å². The van der Waals surface area contributed by atoms with E-state index < -0.39 is 0 Å². The molecule has 3 amide bonds. The second-order valence-corrected chi connectivity index (χ2v) is 6.06. The molecule has 1 N–H and O–H groups in total. The molecule has 3 heterocycles. The average Bonchev–Trinajstić information content (AvgIpc) is 3.14. The molecule has 106 valence electrons. The Bertz CT molecular complexity index is 541. The van der Waals surface area contributed by atoms with Gasteiger partial charge in [-0.15, -0.1) is 0 Å². The van der Waals surface area contributed by atoms with Gasteiger partial charge >= 0.3 is 6.03 Å². The van der Waals surface area contributed by atoms with Crippen molar-refractivity contribution in [3.05, 3.63) is 18.0 Å². The summed E-state index contributed by atoms with van der Waals surface area (Å²) in [7, 11) is 0. The molecule has 2 aliphatic heterocycles. The summed E-state index contributed by atoms with van der Waals surface area (Å²) >= 11 is 0. The number of aromatic nitrogens is 2. The fraction of sp³-hybridized carbons (Fsp3) is 0.643. The van der Waals surface area contributed by atoms with E-state index >= 15 is 0 Å². The van der Waals surface area contributed by atoms with Gasteiger partial charge in [0.25, 0.3) is 5.91 Å². The molecule has 4 rings (SSSR count). The fourth-order valence-corrected chi connectivity index (χ4v) is 4.06. The van der Waals surface area contributed by atoms with Crippen molar-refractivity contribution in [3.8, 4) is 0 Å². The van der Waals surface area contributed by atoms with E-state index in [1.807, 2.05) is 4.90 Å². The summed E-state index contributed by atoms with van der Waals surface area (Å²) in [4.78, 5) is 28.3. The molecule has 1 saturated carbocycles. The average molecular weight is 274 g/mol. The summed E-state index contributed by atoms with van der Waals surface area (Å²) in [5.41, 5.74) is 0.799. The molecule has 0 bridgehead atoms. The maximum absolute atomic E-state index is 12.6. The van der Waals surface area contributed by atoms with Crippen LogP contribution in [0, 0.1) is 5.92 Å². The number of hydrogen-bond donors (Lipinski definition) is 1. The minimum absolute atomic E-state index is 0.0287. The van der Waals surface area contributed by atoms with Crippen molar-refractivity contribution in [2.75, 3.05) is 0 Å². The Kier molecular flexibility index (Phi) is 2.58. The van der Waals surface area contributed by atoms with Crippen molar-refractivity contribution < 1.29 is 9.59 Å². The van der Waals surface area contributed by atoms with Gasteiger partial charge in [-0.05, 0) is 31.2 Å². The highest BCUT2D eigenvalue weighted by molar-refractivity contribution is 6.04. The largest absolute Gasteiger partial charge is 0.328 e. The molecule has 0 spiro atoms. The first-order valence-electron chi connectivity index (χ1n) is 7.37. The highest BCUT2D eigenvalue weighted by Crippen LogP contribution is 2.43. The van der Waals surface area contributed by atoms with Gasteiger partial charge < -0.3 is 4.90 Å². The maximum atomic E-state index is 12.6. The van der Waals surface area contributed by atoms with Gasteiger partial charge in [-0.3, -0.25) is 14.8 Å². The summed E-state index contributed by atoms with van der Waals surface area (Å²) in [5.74, 6) is 0.509. The third-order valence-corrected chi connectivity index (χ3v) is 4.98. The number of amides is 3. The van der Waals surface area contributed by atoms with E-state index in [-0.39, 0.29) is 24.0 Å². The van der Waals surface area contributed by atoms with Gasteiger partial charge in [-0.2, -0.15) is 5.10 Å². The summed E-state index contributed by atoms with van der Waals surface area (Å²) in [6, 6.07) is 1.77. The SMILES string of the molecule is O=C1[C@@H]2C[C@@H]3CCCC[C@H]3N2C(=O)N1Cc1ccn[nH]1. The molecule has 3 aliphatic rings. The molecule has 3 fully saturated rings. The van der Waals surface area contributed by atoms with E-state index in [9.17, 15) is 9.59 Å². The molecule has 6 nitrogen and oxygen atoms in total. The van der Waals surface area contributed by atoms with Gasteiger partial charge in [0.1, 0.15) is 6.04 Å². The van der Waals surface area contributed by atoms with Crippen LogP contribution in [0.1, 0.15) is 37.8 Å². The number of hydrogen-bond acceptors (Lipinski definition) is 3. The Balaban J connectivity index is 1.58. The first kappa shape index (κ1) is 11.9. The van der Waals surface area contributed by atoms with Gasteiger partial charge in [0.2, 0.25) is 0 Å². The highest BCUT2D eigenvalue weighted by Gasteiger charge is 2.55. The van der Waals surface area contributed by atoms with Crippen molar-refractivity contribution in [1.29, 1.82) is 0 Å². The lowest BCUT2D eigenvalue weighted by atomic mass is 9.84. The Morgan fingerprint density at radius 1 is 1.30 bits per heavy atom. The van der Waals surface area contributed by atoms with Crippen LogP contribution in [-0.2, 0) is 11.3 Å². The molecule has 1 aromatic rings. The Morgan fingerprint density at radius 2 is 2.15 bits per heavy atom. The van der Waals surface area contributed by atoms with Crippen LogP contribution in [0.5, 0.6) is 0 Å². The van der Waals surface area contributed by atoms with Gasteiger partial charge in [0.05, 0.1) is 12.2 Å². The Labute approximate surface area is 117 Å². The zero-order chi connectivity index (χ0) is 13.7. The number of carbonyl (C=O) groups excluding carboxylic acids is 2. The zero-order valence-corrected chi connectivity index (χ0v) is 11.3. The monoisotopic (exact) mass is 274 g/mol. The lowest BCUT2D eigenvalue weighted by Gasteiger charge is -2.30. The second-order valence-electron chi connectivity index (χ2n) is 6.06. The van der Waals surface area contributed by atoms with Gasteiger partial charge in [-0.1, -0.05) is 12.8 Å². The number of urea groups is 1. The zero-order valence-electron chi connectivity index (χ0n) is 11.3. The normalized spacial score (nSPS) is 32.7. The fourth-order valence-electron chi connectivity index (χ4n) is 4.06. The van der Waals surface area contributed by atoms with Crippen LogP contribution in [-0.4, -0.2) is 44.0 Å². The highest BCUT2D eigenvalue weighted by atomic mass is 16.2. The first-order chi connectivity index (χ1) is 9.75. The van der Waals surface area contributed by atoms with E-state index in [0.29, 0.717) is 12.5 Å². The molecular weight excluding hydrogens is 256 g/mol. The predicted octanol–water partition coefficient (Wildman–Crippen LogP) is 1.50. The smallest absolute Gasteiger partial charge is 0.309 e. The molecule has 1 aromatic heterocycles. The Hall–Kier alpha value is -1.85. The lowest BCUT2D eigenvalue weighted by molar-refractivity contribution is -0.128. The Morgan fingerprint density at radius 3 is 2.95 bits per heavy atom. The summed E-state index contributed by atoms with van der Waals surface area (Å²) < 4.78 is 0. The molecule has 0 aromatic carbocycles. The predicted molar refractivity (Wildman–Crippen MR) is 70.5 cm³/mol. The van der Waals surface area contributed by atoms with Crippen LogP contribution in [0.15, 0.2) is 12.3 Å². The van der Waals surface area contributed by atoms with Crippen LogP contribution in [0.2, 0.25) is 0 Å². The number of H-pyrrole nitrogens is 1. The van der Waals surface area contributed by atoms with E-state index in [0.717, 1.165) is 18.5 Å². The molecule has 1 aliphatic carbocycles. The topological polar surface area (TPSA) is 69.3 Å². The maximum Gasteiger partial charge on any atom is 0.328 e. The van der Waals surface area contributed by atoms with Crippen molar-refractivity contribution in [3.63, 3.8) is 0 Å². The standard InChI is InChI=1S/C14H18N4O2/c19-13-12-7-9-3-1-2-4-11(9)18(12)14(20)17(13)8-10-5-6-15-16-10/h5-6,9,11-12H,1-4,7-8H2,(H,15,16)/t9-,11+,12-/m0/s1. The number of aromatic amines is 1. The van der Waals surface area contributed by atoms with Crippen LogP contribution in [0.4, 0.5) is 4.79 Å². The first-order valence-corrected chi connectivity index (χ1v) is 7.37. The van der Waals surface area contributed by atoms with E-state index in [1.54, 1.807) is 12.3 Å². The minimum Gasteiger partial charge on any atom is -0.309 e. The van der Waals surface area contributed by atoms with Crippen molar-refractivity contribution in [2.45, 2.75) is 50.7 Å². The summed E-state index contributed by atoms with van der Waals surface area (Å²) in [6.45, 7) is 0.308. The number of rotatable bonds is 2. The van der Waals surface area contributed by atoms with Gasteiger partial charge in [0.15, 0.2) is 0 Å². The second kappa shape index (κ2) is 4.33. The van der Waals surface area contributed by atoms with Crippen LogP contribution >= 0.6 is 0 Å². The summed E-state index contributed by atoms with van der Waals surface area (Å²) in [6.07, 6.45) is 7.12. The van der Waals surface area contributed by atoms with Gasteiger partial charge in [-0.25, -0.2) is 4.79 Å². The van der Waals surface area contributed by atoms with Crippen molar-refractivity contribution in [1.82, 2.24) is 20.0 Å². The van der Waals surface area contributed by atoms with Gasteiger partial charge in [0, 0.05) is 12.2 Å². The molecule has 0 radical (unpaired) electrons. The minimum atomic E-state index is -0.210. The number of nitrogens with zero attached hydrogens (tertiary/aromatic N) is 3. The van der Waals surface area contributed by atoms with Crippen LogP contribution < -0.4 is 0 Å². The third kappa shape index (κ3) is 1.60. The molecule has 6 heteroatoms. The molecular formula is C14H18N4O2. The number of nitrogens with one attached hydrogen (secondary N) is 1. The third-order valence-electron chi connectivity index (χ3n) is 4.98. The van der Waals surface area contributed by atoms with E-state index in [1.165, 1.54) is 24.2 Å². The molecule has 2 saturated heterocycles. The molecule has 20 heavy (non-hydrogen) atoms. The van der Waals surface area contributed by atoms with Crippen molar-refractivity contribution >= 4 is 11.9 Å². The number of imide groups is 1. The van der Waals surface area contributed by atoms with Crippen LogP contribution in [0.25, 0.3) is 0 Å². The lowest BCUT2D eigenvalue weighted by Crippen LogP contribution is -2.41. The molecule has 0 unspecified atom stereocenters. The van der Waals surface area contributed by atoms with Crippen LogP contribution in [0.3, 0.4) is 0 Å². The molecule has 3 atom stereocenters. The quantitative estimate of drug-likeness (QED) is 0.831. The number of fused-ring (bicyclic) bond motifs is 3. The van der Waals surface area contributed by atoms with Crippen molar-refractivity contribution in [2.24, 2.45) is 5.92 Å². The number of carbonyl (C=O) groups is 2.